The topological polar surface area (TPSA) is 38.3 Å². The van der Waals surface area contributed by atoms with Crippen molar-refractivity contribution in [2.24, 2.45) is 23.7 Å². The van der Waals surface area contributed by atoms with Gasteiger partial charge in [-0.3, -0.25) is 4.79 Å². The number of esters is 1. The molecule has 2 saturated carbocycles. The molecule has 0 saturated heterocycles. The highest BCUT2D eigenvalue weighted by molar-refractivity contribution is 5.71. The van der Waals surface area contributed by atoms with Crippen LogP contribution in [0.3, 0.4) is 0 Å². The Bertz CT molecular complexity index is 254. The minimum atomic E-state index is -0.111. The van der Waals surface area contributed by atoms with Crippen LogP contribution < -0.4 is 5.32 Å². The maximum Gasteiger partial charge on any atom is 0.309 e. The molecule has 2 fully saturated rings. The van der Waals surface area contributed by atoms with E-state index in [-0.39, 0.29) is 11.9 Å². The number of nitrogens with one attached hydrogen (secondary N) is 1. The van der Waals surface area contributed by atoms with E-state index in [1.807, 2.05) is 6.92 Å². The van der Waals surface area contributed by atoms with Gasteiger partial charge >= 0.3 is 5.97 Å². The van der Waals surface area contributed by atoms with E-state index in [1.54, 1.807) is 0 Å². The first-order valence-corrected chi connectivity index (χ1v) is 6.49. The molecule has 2 bridgehead atoms. The number of rotatable bonds is 5. The number of hydrogen-bond acceptors (Lipinski definition) is 3. The third-order valence-corrected chi connectivity index (χ3v) is 4.35. The zero-order valence-corrected chi connectivity index (χ0v) is 10.4. The predicted molar refractivity (Wildman–Crippen MR) is 63.0 cm³/mol. The molecule has 2 aliphatic carbocycles. The largest absolute Gasteiger partial charge is 0.469 e. The van der Waals surface area contributed by atoms with Crippen LogP contribution in [-0.4, -0.2) is 26.2 Å². The lowest BCUT2D eigenvalue weighted by Crippen LogP contribution is -2.32. The van der Waals surface area contributed by atoms with Gasteiger partial charge in [-0.2, -0.15) is 0 Å². The molecule has 0 aromatic rings. The van der Waals surface area contributed by atoms with Crippen LogP contribution >= 0.6 is 0 Å². The number of fused-ring (bicyclic) bond motifs is 2. The molecule has 0 aromatic heterocycles. The molecule has 0 aromatic carbocycles. The van der Waals surface area contributed by atoms with Crippen LogP contribution in [0.1, 0.15) is 32.6 Å². The van der Waals surface area contributed by atoms with E-state index in [2.05, 4.69) is 5.32 Å². The van der Waals surface area contributed by atoms with E-state index >= 15 is 0 Å². The highest BCUT2D eigenvalue weighted by Gasteiger charge is 2.38. The average molecular weight is 225 g/mol. The SMILES string of the molecule is COC(=O)C(C)CNCC1CC2CCC1C2. The van der Waals surface area contributed by atoms with Crippen molar-refractivity contribution < 1.29 is 9.53 Å². The van der Waals surface area contributed by atoms with Crippen LogP contribution in [-0.2, 0) is 9.53 Å². The number of carbonyl (C=O) groups excluding carboxylic acids is 1. The third-order valence-electron chi connectivity index (χ3n) is 4.35. The minimum absolute atomic E-state index is 0.0245. The van der Waals surface area contributed by atoms with Crippen LogP contribution in [0.15, 0.2) is 0 Å². The van der Waals surface area contributed by atoms with E-state index in [1.165, 1.54) is 32.8 Å². The fourth-order valence-electron chi connectivity index (χ4n) is 3.40. The number of ether oxygens (including phenoxy) is 1. The Morgan fingerprint density at radius 2 is 2.25 bits per heavy atom. The molecule has 0 aliphatic heterocycles. The molecule has 2 aliphatic rings. The monoisotopic (exact) mass is 225 g/mol. The highest BCUT2D eigenvalue weighted by atomic mass is 16.5. The van der Waals surface area contributed by atoms with Crippen molar-refractivity contribution in [2.45, 2.75) is 32.6 Å². The summed E-state index contributed by atoms with van der Waals surface area (Å²) in [6, 6.07) is 0. The van der Waals surface area contributed by atoms with Gasteiger partial charge in [-0.05, 0) is 43.6 Å². The van der Waals surface area contributed by atoms with Gasteiger partial charge in [0.05, 0.1) is 13.0 Å². The van der Waals surface area contributed by atoms with Gasteiger partial charge < -0.3 is 10.1 Å². The van der Waals surface area contributed by atoms with Gasteiger partial charge in [-0.15, -0.1) is 0 Å². The molecule has 16 heavy (non-hydrogen) atoms. The Kier molecular flexibility index (Phi) is 3.85. The van der Waals surface area contributed by atoms with Crippen LogP contribution in [0, 0.1) is 23.7 Å². The van der Waals surface area contributed by atoms with Gasteiger partial charge in [-0.25, -0.2) is 0 Å². The molecule has 1 N–H and O–H groups in total. The van der Waals surface area contributed by atoms with E-state index in [0.717, 1.165) is 30.8 Å². The van der Waals surface area contributed by atoms with Crippen molar-refractivity contribution in [1.29, 1.82) is 0 Å². The molecule has 4 atom stereocenters. The summed E-state index contributed by atoms with van der Waals surface area (Å²) in [6.07, 6.45) is 5.76. The Balaban J connectivity index is 1.63. The quantitative estimate of drug-likeness (QED) is 0.725. The normalized spacial score (nSPS) is 34.0. The number of carbonyl (C=O) groups is 1. The Hall–Kier alpha value is -0.570. The van der Waals surface area contributed by atoms with E-state index in [9.17, 15) is 4.79 Å². The van der Waals surface area contributed by atoms with Gasteiger partial charge in [0.25, 0.3) is 0 Å². The molecule has 0 heterocycles. The maximum absolute atomic E-state index is 11.2. The van der Waals surface area contributed by atoms with Crippen molar-refractivity contribution in [3.63, 3.8) is 0 Å². The van der Waals surface area contributed by atoms with Gasteiger partial charge in [0.1, 0.15) is 0 Å². The molecule has 3 heteroatoms. The molecule has 0 radical (unpaired) electrons. The van der Waals surface area contributed by atoms with Crippen molar-refractivity contribution in [1.82, 2.24) is 5.32 Å². The van der Waals surface area contributed by atoms with Gasteiger partial charge in [0.15, 0.2) is 0 Å². The lowest BCUT2D eigenvalue weighted by atomic mass is 9.89. The summed E-state index contributed by atoms with van der Waals surface area (Å²) in [6.45, 7) is 3.75. The molecule has 0 amide bonds. The van der Waals surface area contributed by atoms with Crippen molar-refractivity contribution >= 4 is 5.97 Å². The van der Waals surface area contributed by atoms with E-state index in [4.69, 9.17) is 4.74 Å². The number of methoxy groups -OCH3 is 1. The molecule has 0 spiro atoms. The second-order valence-corrected chi connectivity index (χ2v) is 5.52. The fraction of sp³-hybridized carbons (Fsp3) is 0.923. The van der Waals surface area contributed by atoms with E-state index in [0.29, 0.717) is 0 Å². The zero-order valence-electron chi connectivity index (χ0n) is 10.4. The fourth-order valence-corrected chi connectivity index (χ4v) is 3.40. The van der Waals surface area contributed by atoms with Crippen LogP contribution in [0.5, 0.6) is 0 Å². The van der Waals surface area contributed by atoms with Crippen molar-refractivity contribution in [2.75, 3.05) is 20.2 Å². The summed E-state index contributed by atoms with van der Waals surface area (Å²) < 4.78 is 4.70. The standard InChI is InChI=1S/C13H23NO2/c1-9(13(15)16-2)7-14-8-12-6-10-3-4-11(12)5-10/h9-12,14H,3-8H2,1-2H3. The Labute approximate surface area is 97.9 Å². The second kappa shape index (κ2) is 5.17. The predicted octanol–water partition coefficient (Wildman–Crippen LogP) is 1.82. The summed E-state index contributed by atoms with van der Waals surface area (Å²) in [4.78, 5) is 11.2. The molecule has 3 nitrogen and oxygen atoms in total. The average Bonchev–Trinajstić information content (AvgIpc) is 2.89. The zero-order chi connectivity index (χ0) is 11.5. The highest BCUT2D eigenvalue weighted by Crippen LogP contribution is 2.47. The van der Waals surface area contributed by atoms with Gasteiger partial charge in [0.2, 0.25) is 0 Å². The summed E-state index contributed by atoms with van der Waals surface area (Å²) in [5, 5.41) is 3.43. The smallest absolute Gasteiger partial charge is 0.309 e. The molecule has 4 unspecified atom stereocenters. The Morgan fingerprint density at radius 3 is 2.81 bits per heavy atom. The van der Waals surface area contributed by atoms with Gasteiger partial charge in [-0.1, -0.05) is 13.3 Å². The van der Waals surface area contributed by atoms with Crippen molar-refractivity contribution in [3.05, 3.63) is 0 Å². The second-order valence-electron chi connectivity index (χ2n) is 5.52. The molecule has 2 rings (SSSR count). The first-order valence-electron chi connectivity index (χ1n) is 6.49. The lowest BCUT2D eigenvalue weighted by molar-refractivity contribution is -0.144. The summed E-state index contributed by atoms with van der Waals surface area (Å²) in [5.74, 6) is 2.70. The lowest BCUT2D eigenvalue weighted by Gasteiger charge is -2.22. The first kappa shape index (κ1) is 11.9. The summed E-state index contributed by atoms with van der Waals surface area (Å²) in [7, 11) is 1.45. The first-order chi connectivity index (χ1) is 7.70. The van der Waals surface area contributed by atoms with E-state index < -0.39 is 0 Å². The third kappa shape index (κ3) is 2.57. The Morgan fingerprint density at radius 1 is 1.44 bits per heavy atom. The minimum Gasteiger partial charge on any atom is -0.469 e. The van der Waals surface area contributed by atoms with Crippen LogP contribution in [0.25, 0.3) is 0 Å². The number of hydrogen-bond donors (Lipinski definition) is 1. The molecular formula is C13H23NO2. The van der Waals surface area contributed by atoms with Crippen LogP contribution in [0.4, 0.5) is 0 Å². The summed E-state index contributed by atoms with van der Waals surface area (Å²) in [5.41, 5.74) is 0. The maximum atomic E-state index is 11.2. The molecular weight excluding hydrogens is 202 g/mol. The van der Waals surface area contributed by atoms with Crippen molar-refractivity contribution in [3.8, 4) is 0 Å². The van der Waals surface area contributed by atoms with Crippen LogP contribution in [0.2, 0.25) is 0 Å². The van der Waals surface area contributed by atoms with Gasteiger partial charge in [0, 0.05) is 6.54 Å². The molecule has 92 valence electrons. The summed E-state index contributed by atoms with van der Waals surface area (Å²) >= 11 is 0.